The number of likely N-dealkylation sites (tertiary alicyclic amines) is 1. The minimum absolute atomic E-state index is 0.00531. The lowest BCUT2D eigenvalue weighted by Crippen LogP contribution is -2.38. The molecule has 2 aliphatic rings. The predicted octanol–water partition coefficient (Wildman–Crippen LogP) is 4.50. The van der Waals surface area contributed by atoms with Gasteiger partial charge in [0.15, 0.2) is 5.89 Å². The maximum Gasteiger partial charge on any atom is 0.409 e. The number of piperidine rings is 1. The van der Waals surface area contributed by atoms with Gasteiger partial charge in [0.25, 0.3) is 0 Å². The van der Waals surface area contributed by atoms with Gasteiger partial charge in [-0.05, 0) is 35.1 Å². The highest BCUT2D eigenvalue weighted by Crippen LogP contribution is 2.44. The van der Waals surface area contributed by atoms with Gasteiger partial charge in [0.1, 0.15) is 6.61 Å². The van der Waals surface area contributed by atoms with Crippen molar-refractivity contribution in [3.8, 4) is 11.1 Å². The molecule has 2 heterocycles. The molecule has 0 bridgehead atoms. The predicted molar refractivity (Wildman–Crippen MR) is 112 cm³/mol. The third-order valence-electron chi connectivity index (χ3n) is 6.17. The number of carboxylic acid groups (broad SMARTS) is 1. The molecule has 1 fully saturated rings. The molecule has 0 radical (unpaired) electrons. The quantitative estimate of drug-likeness (QED) is 0.671. The molecule has 0 spiro atoms. The summed E-state index contributed by atoms with van der Waals surface area (Å²) in [6, 6.07) is 16.5. The average molecular weight is 418 g/mol. The van der Waals surface area contributed by atoms with E-state index >= 15 is 0 Å². The topological polar surface area (TPSA) is 92.9 Å². The Bertz CT molecular complexity index is 1080. The van der Waals surface area contributed by atoms with Gasteiger partial charge >= 0.3 is 12.1 Å². The number of hydrogen-bond donors (Lipinski definition) is 1. The van der Waals surface area contributed by atoms with Gasteiger partial charge in [0.2, 0.25) is 5.76 Å². The molecule has 5 rings (SSSR count). The van der Waals surface area contributed by atoms with E-state index in [0.29, 0.717) is 38.4 Å². The molecule has 31 heavy (non-hydrogen) atoms. The van der Waals surface area contributed by atoms with Crippen molar-refractivity contribution < 1.29 is 23.8 Å². The van der Waals surface area contributed by atoms with E-state index in [1.54, 1.807) is 4.90 Å². The largest absolute Gasteiger partial charge is 0.475 e. The van der Waals surface area contributed by atoms with Crippen molar-refractivity contribution >= 4 is 12.1 Å². The second kappa shape index (κ2) is 7.91. The number of rotatable bonds is 4. The Balaban J connectivity index is 1.21. The highest BCUT2D eigenvalue weighted by Gasteiger charge is 2.31. The first-order chi connectivity index (χ1) is 15.1. The number of nitrogens with zero attached hydrogens (tertiary/aromatic N) is 2. The first-order valence-corrected chi connectivity index (χ1v) is 10.4. The minimum atomic E-state index is -1.13. The first kappa shape index (κ1) is 19.4. The molecule has 0 atom stereocenters. The van der Waals surface area contributed by atoms with Crippen molar-refractivity contribution in [3.05, 3.63) is 77.5 Å². The molecule has 7 nitrogen and oxygen atoms in total. The summed E-state index contributed by atoms with van der Waals surface area (Å²) < 4.78 is 11.0. The van der Waals surface area contributed by atoms with E-state index in [-0.39, 0.29) is 23.7 Å². The fourth-order valence-electron chi connectivity index (χ4n) is 4.57. The molecule has 1 saturated heterocycles. The standard InChI is InChI=1S/C24H22N2O5/c27-23(28)21-13-25-22(31-21)15-9-11-26(12-10-15)24(29)30-14-20-18-7-3-1-5-16(18)17-6-2-4-8-19(17)20/h1-8,13,15,20H,9-12,14H2,(H,27,28). The molecular formula is C24H22N2O5. The molecule has 1 aliphatic heterocycles. The Morgan fingerprint density at radius 2 is 1.65 bits per heavy atom. The molecule has 7 heteroatoms. The summed E-state index contributed by atoms with van der Waals surface area (Å²) in [5.41, 5.74) is 4.78. The van der Waals surface area contributed by atoms with Gasteiger partial charge in [-0.15, -0.1) is 0 Å². The van der Waals surface area contributed by atoms with E-state index in [1.165, 1.54) is 28.5 Å². The highest BCUT2D eigenvalue weighted by molar-refractivity contribution is 5.83. The minimum Gasteiger partial charge on any atom is -0.475 e. The van der Waals surface area contributed by atoms with Gasteiger partial charge in [-0.2, -0.15) is 0 Å². The second-order valence-corrected chi connectivity index (χ2v) is 7.93. The number of carbonyl (C=O) groups is 2. The molecule has 2 aromatic carbocycles. The van der Waals surface area contributed by atoms with Crippen molar-refractivity contribution in [2.45, 2.75) is 24.7 Å². The molecule has 1 aliphatic carbocycles. The zero-order valence-electron chi connectivity index (χ0n) is 16.9. The van der Waals surface area contributed by atoms with Crippen LogP contribution in [-0.4, -0.2) is 46.7 Å². The van der Waals surface area contributed by atoms with Crippen LogP contribution in [-0.2, 0) is 4.74 Å². The molecular weight excluding hydrogens is 396 g/mol. The Hall–Kier alpha value is -3.61. The SMILES string of the molecule is O=C(O)c1cnc(C2CCN(C(=O)OCC3c4ccccc4-c4ccccc43)CC2)o1. The van der Waals surface area contributed by atoms with Crippen molar-refractivity contribution in [3.63, 3.8) is 0 Å². The maximum absolute atomic E-state index is 12.7. The monoisotopic (exact) mass is 418 g/mol. The number of amides is 1. The summed E-state index contributed by atoms with van der Waals surface area (Å²) in [6.07, 6.45) is 2.22. The zero-order chi connectivity index (χ0) is 21.4. The Kier molecular flexibility index (Phi) is 4.94. The molecule has 0 saturated carbocycles. The number of fused-ring (bicyclic) bond motifs is 3. The summed E-state index contributed by atoms with van der Waals surface area (Å²) in [4.78, 5) is 29.5. The fourth-order valence-corrected chi connectivity index (χ4v) is 4.57. The number of oxazole rings is 1. The summed E-state index contributed by atoms with van der Waals surface area (Å²) in [5.74, 6) is -0.824. The normalized spacial score (nSPS) is 16.1. The lowest BCUT2D eigenvalue weighted by Gasteiger charge is -2.30. The maximum atomic E-state index is 12.7. The number of aromatic carboxylic acids is 1. The molecule has 158 valence electrons. The fraction of sp³-hybridized carbons (Fsp3) is 0.292. The van der Waals surface area contributed by atoms with E-state index in [2.05, 4.69) is 29.2 Å². The Morgan fingerprint density at radius 3 is 2.23 bits per heavy atom. The van der Waals surface area contributed by atoms with Crippen molar-refractivity contribution in [2.24, 2.45) is 0 Å². The summed E-state index contributed by atoms with van der Waals surface area (Å²) in [6.45, 7) is 1.34. The number of ether oxygens (including phenoxy) is 1. The van der Waals surface area contributed by atoms with Gasteiger partial charge in [0.05, 0.1) is 6.20 Å². The lowest BCUT2D eigenvalue weighted by molar-refractivity contribution is 0.0658. The van der Waals surface area contributed by atoms with Crippen LogP contribution in [0.5, 0.6) is 0 Å². The van der Waals surface area contributed by atoms with Gasteiger partial charge in [-0.1, -0.05) is 48.5 Å². The van der Waals surface area contributed by atoms with Crippen LogP contribution in [0.4, 0.5) is 4.79 Å². The summed E-state index contributed by atoms with van der Waals surface area (Å²) in [7, 11) is 0. The summed E-state index contributed by atoms with van der Waals surface area (Å²) in [5, 5.41) is 8.98. The second-order valence-electron chi connectivity index (χ2n) is 7.93. The van der Waals surface area contributed by atoms with E-state index < -0.39 is 5.97 Å². The van der Waals surface area contributed by atoms with E-state index in [0.717, 1.165) is 0 Å². The third kappa shape index (κ3) is 3.56. The number of benzene rings is 2. The van der Waals surface area contributed by atoms with Crippen molar-refractivity contribution in [1.82, 2.24) is 9.88 Å². The van der Waals surface area contributed by atoms with Crippen LogP contribution in [0.1, 0.15) is 52.2 Å². The van der Waals surface area contributed by atoms with E-state index in [4.69, 9.17) is 14.3 Å². The third-order valence-corrected chi connectivity index (χ3v) is 6.17. The van der Waals surface area contributed by atoms with Gasteiger partial charge in [-0.25, -0.2) is 14.6 Å². The first-order valence-electron chi connectivity index (χ1n) is 10.4. The van der Waals surface area contributed by atoms with Crippen LogP contribution in [0.25, 0.3) is 11.1 Å². The van der Waals surface area contributed by atoms with Gasteiger partial charge in [-0.3, -0.25) is 0 Å². The number of carboxylic acids is 1. The molecule has 0 unspecified atom stereocenters. The molecule has 3 aromatic rings. The lowest BCUT2D eigenvalue weighted by atomic mass is 9.97. The van der Waals surface area contributed by atoms with Crippen LogP contribution in [0.3, 0.4) is 0 Å². The van der Waals surface area contributed by atoms with Crippen molar-refractivity contribution in [1.29, 1.82) is 0 Å². The van der Waals surface area contributed by atoms with E-state index in [9.17, 15) is 9.59 Å². The number of hydrogen-bond acceptors (Lipinski definition) is 5. The highest BCUT2D eigenvalue weighted by atomic mass is 16.6. The van der Waals surface area contributed by atoms with Gasteiger partial charge < -0.3 is 19.2 Å². The smallest absolute Gasteiger partial charge is 0.409 e. The number of aromatic nitrogens is 1. The number of carbonyl (C=O) groups excluding carboxylic acids is 1. The molecule has 1 N–H and O–H groups in total. The van der Waals surface area contributed by atoms with E-state index in [1.807, 2.05) is 24.3 Å². The van der Waals surface area contributed by atoms with Crippen LogP contribution in [0.2, 0.25) is 0 Å². The van der Waals surface area contributed by atoms with Crippen LogP contribution in [0.15, 0.2) is 59.1 Å². The average Bonchev–Trinajstić information content (AvgIpc) is 3.42. The molecule has 1 aromatic heterocycles. The van der Waals surface area contributed by atoms with Gasteiger partial charge in [0, 0.05) is 24.9 Å². The summed E-state index contributed by atoms with van der Waals surface area (Å²) >= 11 is 0. The van der Waals surface area contributed by atoms with Crippen LogP contribution < -0.4 is 0 Å². The van der Waals surface area contributed by atoms with Crippen LogP contribution in [0, 0.1) is 0 Å². The van der Waals surface area contributed by atoms with Crippen molar-refractivity contribution in [2.75, 3.05) is 19.7 Å². The Morgan fingerprint density at radius 1 is 1.03 bits per heavy atom. The Labute approximate surface area is 179 Å². The zero-order valence-corrected chi connectivity index (χ0v) is 16.9. The molecule has 1 amide bonds. The van der Waals surface area contributed by atoms with Crippen LogP contribution >= 0.6 is 0 Å².